The number of hydrogen-bond donors (Lipinski definition) is 1. The van der Waals surface area contributed by atoms with Gasteiger partial charge in [-0.3, -0.25) is 4.79 Å². The Hall–Kier alpha value is -3.71. The highest BCUT2D eigenvalue weighted by molar-refractivity contribution is 6.10. The van der Waals surface area contributed by atoms with Crippen LogP contribution in [0.3, 0.4) is 0 Å². The summed E-state index contributed by atoms with van der Waals surface area (Å²) < 4.78 is 18.7. The van der Waals surface area contributed by atoms with E-state index in [1.807, 2.05) is 30.3 Å². The summed E-state index contributed by atoms with van der Waals surface area (Å²) in [5.74, 6) is 0.390. The zero-order valence-electron chi connectivity index (χ0n) is 17.3. The molecule has 1 aromatic heterocycles. The summed E-state index contributed by atoms with van der Waals surface area (Å²) in [4.78, 5) is 25.1. The Balaban J connectivity index is 1.29. The van der Waals surface area contributed by atoms with Gasteiger partial charge in [0.05, 0.1) is 30.8 Å². The molecule has 3 aromatic carbocycles. The minimum Gasteiger partial charge on any atom is -0.378 e. The average molecular weight is 428 g/mol. The van der Waals surface area contributed by atoms with Gasteiger partial charge in [0.15, 0.2) is 0 Å². The highest BCUT2D eigenvalue weighted by Crippen LogP contribution is 2.33. The number of halogens is 1. The Labute approximate surface area is 184 Å². The second-order valence-electron chi connectivity index (χ2n) is 8.13. The summed E-state index contributed by atoms with van der Waals surface area (Å²) in [5.41, 5.74) is 6.16. The van der Waals surface area contributed by atoms with Crippen LogP contribution in [-0.2, 0) is 11.3 Å². The van der Waals surface area contributed by atoms with Crippen molar-refractivity contribution < 1.29 is 13.9 Å². The number of morpholine rings is 1. The van der Waals surface area contributed by atoms with E-state index in [0.717, 1.165) is 65.4 Å². The molecule has 1 saturated heterocycles. The molecule has 0 saturated carbocycles. The van der Waals surface area contributed by atoms with E-state index in [2.05, 4.69) is 20.9 Å². The van der Waals surface area contributed by atoms with Crippen molar-refractivity contribution in [3.05, 3.63) is 77.6 Å². The molecule has 7 heteroatoms. The molecule has 3 heterocycles. The Bertz CT molecular complexity index is 1330. The van der Waals surface area contributed by atoms with Gasteiger partial charge in [-0.25, -0.2) is 9.37 Å². The lowest BCUT2D eigenvalue weighted by Crippen LogP contribution is -2.36. The number of anilines is 2. The van der Waals surface area contributed by atoms with Gasteiger partial charge >= 0.3 is 0 Å². The van der Waals surface area contributed by atoms with Gasteiger partial charge in [0.2, 0.25) is 0 Å². The molecule has 0 unspecified atom stereocenters. The number of amides is 1. The van der Waals surface area contributed by atoms with Crippen molar-refractivity contribution in [1.29, 1.82) is 0 Å². The van der Waals surface area contributed by atoms with Crippen LogP contribution in [-0.4, -0.2) is 42.2 Å². The lowest BCUT2D eigenvalue weighted by Gasteiger charge is -2.29. The number of nitrogens with zero attached hydrogens (tertiary/aromatic N) is 3. The fourth-order valence-electron chi connectivity index (χ4n) is 4.44. The van der Waals surface area contributed by atoms with Gasteiger partial charge in [0.25, 0.3) is 5.91 Å². The molecule has 1 N–H and O–H groups in total. The molecular formula is C25H21FN4O2. The average Bonchev–Trinajstić information content (AvgIpc) is 3.40. The molecule has 0 atom stereocenters. The van der Waals surface area contributed by atoms with E-state index in [9.17, 15) is 9.18 Å². The molecule has 0 bridgehead atoms. The van der Waals surface area contributed by atoms with Crippen LogP contribution >= 0.6 is 0 Å². The van der Waals surface area contributed by atoms with Crippen LogP contribution in [0.15, 0.2) is 60.7 Å². The third kappa shape index (κ3) is 3.22. The highest BCUT2D eigenvalue weighted by atomic mass is 19.1. The number of aromatic amines is 1. The Morgan fingerprint density at radius 1 is 0.938 bits per heavy atom. The molecule has 6 nitrogen and oxygen atoms in total. The van der Waals surface area contributed by atoms with Crippen LogP contribution in [0.5, 0.6) is 0 Å². The molecule has 2 aliphatic heterocycles. The molecule has 0 aliphatic carbocycles. The smallest absolute Gasteiger partial charge is 0.258 e. The van der Waals surface area contributed by atoms with E-state index in [4.69, 9.17) is 4.74 Å². The van der Waals surface area contributed by atoms with Crippen molar-refractivity contribution in [3.63, 3.8) is 0 Å². The van der Waals surface area contributed by atoms with Gasteiger partial charge in [0.1, 0.15) is 11.6 Å². The summed E-state index contributed by atoms with van der Waals surface area (Å²) >= 11 is 0. The molecule has 1 amide bonds. The normalized spacial score (nSPS) is 16.1. The number of rotatable bonds is 3. The molecule has 2 aliphatic rings. The first-order valence-electron chi connectivity index (χ1n) is 10.7. The maximum atomic E-state index is 13.2. The first kappa shape index (κ1) is 19.0. The second kappa shape index (κ2) is 7.46. The zero-order valence-corrected chi connectivity index (χ0v) is 17.3. The molecule has 160 valence electrons. The summed E-state index contributed by atoms with van der Waals surface area (Å²) in [6.45, 7) is 3.72. The fraction of sp³-hybridized carbons (Fsp3) is 0.200. The van der Waals surface area contributed by atoms with Crippen LogP contribution in [0.4, 0.5) is 15.8 Å². The largest absolute Gasteiger partial charge is 0.378 e. The fourth-order valence-corrected chi connectivity index (χ4v) is 4.44. The van der Waals surface area contributed by atoms with Crippen LogP contribution in [0, 0.1) is 5.82 Å². The number of ether oxygens (including phenoxy) is 1. The SMILES string of the molecule is O=C1c2ccc(N3CCOCC3)cc2CN1c1ccc2[nH]c(-c3ccc(F)cc3)nc2c1. The monoisotopic (exact) mass is 428 g/mol. The van der Waals surface area contributed by atoms with Crippen molar-refractivity contribution >= 4 is 28.3 Å². The topological polar surface area (TPSA) is 61.5 Å². The lowest BCUT2D eigenvalue weighted by molar-refractivity contribution is 0.0996. The number of imidazole rings is 1. The van der Waals surface area contributed by atoms with Crippen LogP contribution in [0.1, 0.15) is 15.9 Å². The number of carbonyl (C=O) groups excluding carboxylic acids is 1. The molecule has 6 rings (SSSR count). The summed E-state index contributed by atoms with van der Waals surface area (Å²) in [6, 6.07) is 18.1. The molecule has 0 radical (unpaired) electrons. The maximum absolute atomic E-state index is 13.2. The predicted molar refractivity (Wildman–Crippen MR) is 121 cm³/mol. The number of H-pyrrole nitrogens is 1. The summed E-state index contributed by atoms with van der Waals surface area (Å²) in [7, 11) is 0. The number of hydrogen-bond acceptors (Lipinski definition) is 4. The maximum Gasteiger partial charge on any atom is 0.258 e. The van der Waals surface area contributed by atoms with Crippen LogP contribution in [0.25, 0.3) is 22.4 Å². The van der Waals surface area contributed by atoms with Gasteiger partial charge in [0, 0.05) is 35.6 Å². The minimum absolute atomic E-state index is 0.00201. The third-order valence-corrected chi connectivity index (χ3v) is 6.17. The van der Waals surface area contributed by atoms with Crippen LogP contribution < -0.4 is 9.80 Å². The number of nitrogens with one attached hydrogen (secondary N) is 1. The number of benzene rings is 3. The Morgan fingerprint density at radius 3 is 2.53 bits per heavy atom. The number of fused-ring (bicyclic) bond motifs is 2. The lowest BCUT2D eigenvalue weighted by atomic mass is 10.1. The third-order valence-electron chi connectivity index (χ3n) is 6.17. The van der Waals surface area contributed by atoms with Gasteiger partial charge in [-0.1, -0.05) is 0 Å². The van der Waals surface area contributed by atoms with E-state index in [-0.39, 0.29) is 11.7 Å². The molecule has 1 fully saturated rings. The van der Waals surface area contributed by atoms with E-state index in [0.29, 0.717) is 12.4 Å². The molecular weight excluding hydrogens is 407 g/mol. The molecule has 4 aromatic rings. The number of carbonyl (C=O) groups is 1. The highest BCUT2D eigenvalue weighted by Gasteiger charge is 2.29. The van der Waals surface area contributed by atoms with Crippen LogP contribution in [0.2, 0.25) is 0 Å². The molecule has 0 spiro atoms. The summed E-state index contributed by atoms with van der Waals surface area (Å²) in [5, 5.41) is 0. The van der Waals surface area contributed by atoms with Crippen molar-refractivity contribution in [2.24, 2.45) is 0 Å². The Kier molecular flexibility index (Phi) is 4.43. The Morgan fingerprint density at radius 2 is 1.72 bits per heavy atom. The summed E-state index contributed by atoms with van der Waals surface area (Å²) in [6.07, 6.45) is 0. The van der Waals surface area contributed by atoms with Crippen molar-refractivity contribution in [2.45, 2.75) is 6.54 Å². The van der Waals surface area contributed by atoms with E-state index in [1.54, 1.807) is 17.0 Å². The standard InChI is InChI=1S/C25H21FN4O2/c26-18-3-1-16(2-4-18)24-27-22-8-6-20(14-23(22)28-24)30-15-17-13-19(5-7-21(17)25(30)31)29-9-11-32-12-10-29/h1-8,13-14H,9-12,15H2,(H,27,28). The second-order valence-corrected chi connectivity index (χ2v) is 8.13. The number of aromatic nitrogens is 2. The van der Waals surface area contributed by atoms with Crippen molar-refractivity contribution in [2.75, 3.05) is 36.1 Å². The van der Waals surface area contributed by atoms with E-state index in [1.165, 1.54) is 12.1 Å². The zero-order chi connectivity index (χ0) is 21.7. The van der Waals surface area contributed by atoms with Gasteiger partial charge in [-0.05, 0) is 66.2 Å². The van der Waals surface area contributed by atoms with E-state index >= 15 is 0 Å². The van der Waals surface area contributed by atoms with Gasteiger partial charge in [-0.15, -0.1) is 0 Å². The predicted octanol–water partition coefficient (Wildman–Crippen LogP) is 4.37. The minimum atomic E-state index is -0.281. The first-order chi connectivity index (χ1) is 15.7. The van der Waals surface area contributed by atoms with Gasteiger partial charge < -0.3 is 19.5 Å². The quantitative estimate of drug-likeness (QED) is 0.527. The first-order valence-corrected chi connectivity index (χ1v) is 10.7. The van der Waals surface area contributed by atoms with E-state index < -0.39 is 0 Å². The molecule has 32 heavy (non-hydrogen) atoms. The van der Waals surface area contributed by atoms with Crippen molar-refractivity contribution in [3.8, 4) is 11.4 Å². The van der Waals surface area contributed by atoms with Gasteiger partial charge in [-0.2, -0.15) is 0 Å². The van der Waals surface area contributed by atoms with Crippen molar-refractivity contribution in [1.82, 2.24) is 9.97 Å².